The Balaban J connectivity index is 2.00. The van der Waals surface area contributed by atoms with E-state index in [0.29, 0.717) is 5.78 Å². The standard InChI is InChI=1S/C11H20OS/c1-2-3-5-10(12)7-8-11-6-4-9-13-11/h11H,2-9H2,1H3. The summed E-state index contributed by atoms with van der Waals surface area (Å²) in [5, 5.41) is 0.797. The van der Waals surface area contributed by atoms with Gasteiger partial charge in [-0.05, 0) is 31.4 Å². The van der Waals surface area contributed by atoms with Crippen LogP contribution in [0.5, 0.6) is 0 Å². The van der Waals surface area contributed by atoms with Gasteiger partial charge < -0.3 is 0 Å². The summed E-state index contributed by atoms with van der Waals surface area (Å²) in [7, 11) is 0. The Hall–Kier alpha value is 0.0200. The summed E-state index contributed by atoms with van der Waals surface area (Å²) >= 11 is 2.06. The van der Waals surface area contributed by atoms with Crippen molar-refractivity contribution >= 4 is 17.5 Å². The highest BCUT2D eigenvalue weighted by molar-refractivity contribution is 8.00. The van der Waals surface area contributed by atoms with Crippen LogP contribution in [0.15, 0.2) is 0 Å². The van der Waals surface area contributed by atoms with Crippen molar-refractivity contribution in [2.45, 2.75) is 57.1 Å². The highest BCUT2D eigenvalue weighted by Gasteiger charge is 2.16. The van der Waals surface area contributed by atoms with Crippen molar-refractivity contribution in [3.63, 3.8) is 0 Å². The molecule has 0 aromatic rings. The van der Waals surface area contributed by atoms with E-state index in [2.05, 4.69) is 18.7 Å². The summed E-state index contributed by atoms with van der Waals surface area (Å²) < 4.78 is 0. The lowest BCUT2D eigenvalue weighted by molar-refractivity contribution is -0.119. The molecule has 1 nitrogen and oxygen atoms in total. The molecule has 1 fully saturated rings. The molecule has 1 atom stereocenters. The van der Waals surface area contributed by atoms with E-state index in [1.165, 1.54) is 18.6 Å². The third kappa shape index (κ3) is 4.70. The Morgan fingerprint density at radius 3 is 2.92 bits per heavy atom. The number of rotatable bonds is 6. The predicted molar refractivity (Wildman–Crippen MR) is 59.2 cm³/mol. The van der Waals surface area contributed by atoms with Crippen LogP contribution in [0, 0.1) is 0 Å². The average molecular weight is 200 g/mol. The molecule has 0 saturated carbocycles. The fraction of sp³-hybridized carbons (Fsp3) is 0.909. The van der Waals surface area contributed by atoms with E-state index in [0.717, 1.165) is 37.4 Å². The molecule has 1 saturated heterocycles. The molecular formula is C11H20OS. The van der Waals surface area contributed by atoms with Gasteiger partial charge in [-0.2, -0.15) is 11.8 Å². The first kappa shape index (κ1) is 11.1. The highest BCUT2D eigenvalue weighted by Crippen LogP contribution is 2.29. The van der Waals surface area contributed by atoms with Gasteiger partial charge in [0.05, 0.1) is 0 Å². The van der Waals surface area contributed by atoms with Crippen LogP contribution in [-0.2, 0) is 4.79 Å². The number of carbonyl (C=O) groups excluding carboxylic acids is 1. The second-order valence-corrected chi connectivity index (χ2v) is 5.22. The number of unbranched alkanes of at least 4 members (excludes halogenated alkanes) is 1. The molecule has 0 spiro atoms. The molecule has 0 aromatic heterocycles. The molecule has 0 amide bonds. The number of hydrogen-bond acceptors (Lipinski definition) is 2. The van der Waals surface area contributed by atoms with Gasteiger partial charge in [0, 0.05) is 18.1 Å². The summed E-state index contributed by atoms with van der Waals surface area (Å²) in [5.74, 6) is 1.79. The number of Topliss-reactive ketones (excluding diaryl/α,β-unsaturated/α-hetero) is 1. The van der Waals surface area contributed by atoms with E-state index in [4.69, 9.17) is 0 Å². The molecule has 76 valence electrons. The summed E-state index contributed by atoms with van der Waals surface area (Å²) in [6, 6.07) is 0. The first-order valence-electron chi connectivity index (χ1n) is 5.46. The van der Waals surface area contributed by atoms with Crippen LogP contribution in [0.3, 0.4) is 0 Å². The topological polar surface area (TPSA) is 17.1 Å². The fourth-order valence-corrected chi connectivity index (χ4v) is 2.98. The number of ketones is 1. The summed E-state index contributed by atoms with van der Waals surface area (Å²) in [6.45, 7) is 2.14. The zero-order chi connectivity index (χ0) is 9.52. The normalized spacial score (nSPS) is 22.1. The molecule has 0 radical (unpaired) electrons. The van der Waals surface area contributed by atoms with Crippen molar-refractivity contribution in [3.8, 4) is 0 Å². The van der Waals surface area contributed by atoms with Crippen LogP contribution in [0.2, 0.25) is 0 Å². The van der Waals surface area contributed by atoms with Gasteiger partial charge in [0.2, 0.25) is 0 Å². The van der Waals surface area contributed by atoms with Crippen molar-refractivity contribution in [3.05, 3.63) is 0 Å². The van der Waals surface area contributed by atoms with Crippen molar-refractivity contribution in [2.24, 2.45) is 0 Å². The minimum Gasteiger partial charge on any atom is -0.300 e. The maximum absolute atomic E-state index is 11.3. The van der Waals surface area contributed by atoms with Gasteiger partial charge in [-0.1, -0.05) is 13.3 Å². The summed E-state index contributed by atoms with van der Waals surface area (Å²) in [6.07, 6.45) is 7.70. The van der Waals surface area contributed by atoms with Crippen LogP contribution >= 0.6 is 11.8 Å². The van der Waals surface area contributed by atoms with E-state index in [9.17, 15) is 4.79 Å². The van der Waals surface area contributed by atoms with Gasteiger partial charge in [-0.3, -0.25) is 4.79 Å². The Kier molecular flexibility index (Phi) is 5.52. The monoisotopic (exact) mass is 200 g/mol. The van der Waals surface area contributed by atoms with E-state index >= 15 is 0 Å². The quantitative estimate of drug-likeness (QED) is 0.653. The maximum Gasteiger partial charge on any atom is 0.132 e. The maximum atomic E-state index is 11.3. The molecule has 13 heavy (non-hydrogen) atoms. The lowest BCUT2D eigenvalue weighted by atomic mass is 10.1. The fourth-order valence-electron chi connectivity index (χ4n) is 1.69. The second kappa shape index (κ2) is 6.47. The molecule has 0 aliphatic carbocycles. The number of carbonyl (C=O) groups is 1. The molecule has 1 aliphatic rings. The molecule has 1 rings (SSSR count). The molecule has 1 unspecified atom stereocenters. The Bertz CT molecular complexity index is 150. The van der Waals surface area contributed by atoms with Crippen molar-refractivity contribution < 1.29 is 4.79 Å². The van der Waals surface area contributed by atoms with Gasteiger partial charge >= 0.3 is 0 Å². The summed E-state index contributed by atoms with van der Waals surface area (Å²) in [4.78, 5) is 11.3. The van der Waals surface area contributed by atoms with E-state index < -0.39 is 0 Å². The van der Waals surface area contributed by atoms with E-state index in [-0.39, 0.29) is 0 Å². The van der Waals surface area contributed by atoms with Crippen LogP contribution in [0.25, 0.3) is 0 Å². The van der Waals surface area contributed by atoms with Gasteiger partial charge in [-0.25, -0.2) is 0 Å². The highest BCUT2D eigenvalue weighted by atomic mass is 32.2. The molecule has 1 heterocycles. The van der Waals surface area contributed by atoms with Gasteiger partial charge in [0.15, 0.2) is 0 Å². The van der Waals surface area contributed by atoms with Crippen LogP contribution in [0.4, 0.5) is 0 Å². The van der Waals surface area contributed by atoms with Crippen LogP contribution in [0.1, 0.15) is 51.9 Å². The zero-order valence-corrected chi connectivity index (χ0v) is 9.37. The Morgan fingerprint density at radius 1 is 1.46 bits per heavy atom. The van der Waals surface area contributed by atoms with Crippen molar-refractivity contribution in [1.29, 1.82) is 0 Å². The smallest absolute Gasteiger partial charge is 0.132 e. The zero-order valence-electron chi connectivity index (χ0n) is 8.55. The largest absolute Gasteiger partial charge is 0.300 e. The predicted octanol–water partition coefficient (Wildman–Crippen LogP) is 3.42. The third-order valence-corrected chi connectivity index (χ3v) is 4.05. The molecule has 0 bridgehead atoms. The van der Waals surface area contributed by atoms with Gasteiger partial charge in [0.1, 0.15) is 5.78 Å². The molecular weight excluding hydrogens is 180 g/mol. The van der Waals surface area contributed by atoms with Crippen LogP contribution < -0.4 is 0 Å². The first-order chi connectivity index (χ1) is 6.33. The Labute approximate surface area is 85.7 Å². The molecule has 2 heteroatoms. The lowest BCUT2D eigenvalue weighted by Gasteiger charge is -2.06. The van der Waals surface area contributed by atoms with E-state index in [1.807, 2.05) is 0 Å². The lowest BCUT2D eigenvalue weighted by Crippen LogP contribution is -2.03. The molecule has 1 aliphatic heterocycles. The number of thioether (sulfide) groups is 1. The first-order valence-corrected chi connectivity index (χ1v) is 6.51. The minimum absolute atomic E-state index is 0.481. The SMILES string of the molecule is CCCCC(=O)CCC1CCCS1. The number of hydrogen-bond donors (Lipinski definition) is 0. The van der Waals surface area contributed by atoms with E-state index in [1.54, 1.807) is 0 Å². The third-order valence-electron chi connectivity index (χ3n) is 2.58. The molecule has 0 N–H and O–H groups in total. The second-order valence-electron chi connectivity index (χ2n) is 3.82. The summed E-state index contributed by atoms with van der Waals surface area (Å²) in [5.41, 5.74) is 0. The van der Waals surface area contributed by atoms with Gasteiger partial charge in [0.25, 0.3) is 0 Å². The molecule has 0 aromatic carbocycles. The van der Waals surface area contributed by atoms with Gasteiger partial charge in [-0.15, -0.1) is 0 Å². The van der Waals surface area contributed by atoms with Crippen molar-refractivity contribution in [1.82, 2.24) is 0 Å². The Morgan fingerprint density at radius 2 is 2.31 bits per heavy atom. The minimum atomic E-state index is 0.481. The average Bonchev–Trinajstić information content (AvgIpc) is 2.64. The van der Waals surface area contributed by atoms with Crippen LogP contribution in [-0.4, -0.2) is 16.8 Å². The van der Waals surface area contributed by atoms with Crippen molar-refractivity contribution in [2.75, 3.05) is 5.75 Å².